The first kappa shape index (κ1) is 14.6. The third kappa shape index (κ3) is 3.84. The van der Waals surface area contributed by atoms with E-state index in [0.717, 1.165) is 5.56 Å². The standard InChI is InChI=1S/C17H17ClO2/c1-2-16(18)17(19)14-9-6-10-15(11-14)20-12-13-7-4-3-5-8-13/h3-11,16H,2,12H2,1H3. The first-order valence-electron chi connectivity index (χ1n) is 6.65. The van der Waals surface area contributed by atoms with Gasteiger partial charge in [0.2, 0.25) is 0 Å². The first-order valence-corrected chi connectivity index (χ1v) is 7.09. The second kappa shape index (κ2) is 7.11. The van der Waals surface area contributed by atoms with Crippen molar-refractivity contribution in [2.45, 2.75) is 25.3 Å². The lowest BCUT2D eigenvalue weighted by atomic mass is 10.1. The van der Waals surface area contributed by atoms with Crippen LogP contribution >= 0.6 is 11.6 Å². The van der Waals surface area contributed by atoms with Crippen molar-refractivity contribution in [3.8, 4) is 5.75 Å². The maximum Gasteiger partial charge on any atom is 0.180 e. The van der Waals surface area contributed by atoms with Crippen molar-refractivity contribution in [3.05, 3.63) is 65.7 Å². The van der Waals surface area contributed by atoms with Crippen LogP contribution in [0.25, 0.3) is 0 Å². The second-order valence-corrected chi connectivity index (χ2v) is 5.07. The van der Waals surface area contributed by atoms with E-state index in [2.05, 4.69) is 0 Å². The van der Waals surface area contributed by atoms with Gasteiger partial charge in [0.05, 0.1) is 5.38 Å². The quantitative estimate of drug-likeness (QED) is 0.579. The maximum atomic E-state index is 12.0. The van der Waals surface area contributed by atoms with E-state index in [4.69, 9.17) is 16.3 Å². The lowest BCUT2D eigenvalue weighted by Crippen LogP contribution is -2.13. The Labute approximate surface area is 124 Å². The number of ether oxygens (including phenoxy) is 1. The molecule has 2 nitrogen and oxygen atoms in total. The van der Waals surface area contributed by atoms with Crippen LogP contribution < -0.4 is 4.74 Å². The van der Waals surface area contributed by atoms with Gasteiger partial charge in [0, 0.05) is 5.56 Å². The van der Waals surface area contributed by atoms with Gasteiger partial charge < -0.3 is 4.74 Å². The van der Waals surface area contributed by atoms with Gasteiger partial charge in [-0.25, -0.2) is 0 Å². The van der Waals surface area contributed by atoms with Gasteiger partial charge in [-0.3, -0.25) is 4.79 Å². The highest BCUT2D eigenvalue weighted by atomic mass is 35.5. The van der Waals surface area contributed by atoms with E-state index in [9.17, 15) is 4.79 Å². The number of carbonyl (C=O) groups is 1. The van der Waals surface area contributed by atoms with Gasteiger partial charge in [0.15, 0.2) is 5.78 Å². The monoisotopic (exact) mass is 288 g/mol. The fourth-order valence-corrected chi connectivity index (χ4v) is 1.97. The molecule has 2 rings (SSSR count). The van der Waals surface area contributed by atoms with Gasteiger partial charge in [0.1, 0.15) is 12.4 Å². The molecule has 0 bridgehead atoms. The van der Waals surface area contributed by atoms with Gasteiger partial charge in [-0.05, 0) is 24.1 Å². The van der Waals surface area contributed by atoms with Crippen molar-refractivity contribution < 1.29 is 9.53 Å². The molecule has 3 heteroatoms. The minimum Gasteiger partial charge on any atom is -0.489 e. The zero-order valence-electron chi connectivity index (χ0n) is 11.4. The topological polar surface area (TPSA) is 26.3 Å². The summed E-state index contributed by atoms with van der Waals surface area (Å²) in [5.41, 5.74) is 1.69. The van der Waals surface area contributed by atoms with Crippen LogP contribution in [-0.4, -0.2) is 11.2 Å². The van der Waals surface area contributed by atoms with Gasteiger partial charge >= 0.3 is 0 Å². The molecule has 0 N–H and O–H groups in total. The summed E-state index contributed by atoms with van der Waals surface area (Å²) in [6.07, 6.45) is 0.621. The fraction of sp³-hybridized carbons (Fsp3) is 0.235. The van der Waals surface area contributed by atoms with Gasteiger partial charge in [-0.2, -0.15) is 0 Å². The summed E-state index contributed by atoms with van der Waals surface area (Å²) >= 11 is 5.99. The molecule has 1 unspecified atom stereocenters. The Balaban J connectivity index is 2.05. The van der Waals surface area contributed by atoms with Crippen molar-refractivity contribution >= 4 is 17.4 Å². The molecule has 0 fully saturated rings. The Bertz CT molecular complexity index is 566. The maximum absolute atomic E-state index is 12.0. The highest BCUT2D eigenvalue weighted by molar-refractivity contribution is 6.33. The van der Waals surface area contributed by atoms with E-state index in [-0.39, 0.29) is 5.78 Å². The van der Waals surface area contributed by atoms with Crippen LogP contribution in [0.5, 0.6) is 5.75 Å². The lowest BCUT2D eigenvalue weighted by molar-refractivity contribution is 0.0985. The van der Waals surface area contributed by atoms with E-state index < -0.39 is 5.38 Å². The summed E-state index contributed by atoms with van der Waals surface area (Å²) in [6, 6.07) is 17.1. The normalized spacial score (nSPS) is 11.9. The predicted octanol–water partition coefficient (Wildman–Crippen LogP) is 4.47. The highest BCUT2D eigenvalue weighted by Crippen LogP contribution is 2.18. The van der Waals surface area contributed by atoms with E-state index in [0.29, 0.717) is 24.3 Å². The number of halogens is 1. The summed E-state index contributed by atoms with van der Waals surface area (Å²) in [5, 5.41) is -0.473. The molecule has 0 radical (unpaired) electrons. The average molecular weight is 289 g/mol. The Hall–Kier alpha value is -1.80. The van der Waals surface area contributed by atoms with E-state index in [1.807, 2.05) is 49.4 Å². The second-order valence-electron chi connectivity index (χ2n) is 4.54. The molecule has 2 aromatic rings. The Morgan fingerprint density at radius 2 is 1.90 bits per heavy atom. The SMILES string of the molecule is CCC(Cl)C(=O)c1cccc(OCc2ccccc2)c1. The van der Waals surface area contributed by atoms with Crippen LogP contribution in [0.2, 0.25) is 0 Å². The lowest BCUT2D eigenvalue weighted by Gasteiger charge is -2.09. The minimum atomic E-state index is -0.473. The minimum absolute atomic E-state index is 0.0562. The molecule has 0 amide bonds. The number of benzene rings is 2. The first-order chi connectivity index (χ1) is 9.70. The van der Waals surface area contributed by atoms with Crippen LogP contribution in [0.4, 0.5) is 0 Å². The van der Waals surface area contributed by atoms with Crippen LogP contribution in [-0.2, 0) is 6.61 Å². The molecule has 20 heavy (non-hydrogen) atoms. The summed E-state index contributed by atoms with van der Waals surface area (Å²) in [4.78, 5) is 12.0. The van der Waals surface area contributed by atoms with Crippen LogP contribution in [0.1, 0.15) is 29.3 Å². The number of alkyl halides is 1. The molecule has 0 aliphatic carbocycles. The number of hydrogen-bond acceptors (Lipinski definition) is 2. The summed E-state index contributed by atoms with van der Waals surface area (Å²) in [7, 11) is 0. The molecule has 104 valence electrons. The Morgan fingerprint density at radius 1 is 1.15 bits per heavy atom. The largest absolute Gasteiger partial charge is 0.489 e. The number of hydrogen-bond donors (Lipinski definition) is 0. The van der Waals surface area contributed by atoms with Crippen LogP contribution in [0.3, 0.4) is 0 Å². The van der Waals surface area contributed by atoms with Crippen molar-refractivity contribution in [1.82, 2.24) is 0 Å². The van der Waals surface area contributed by atoms with Crippen LogP contribution in [0, 0.1) is 0 Å². The molecule has 0 aromatic heterocycles. The van der Waals surface area contributed by atoms with Crippen molar-refractivity contribution in [3.63, 3.8) is 0 Å². The van der Waals surface area contributed by atoms with E-state index in [1.165, 1.54) is 0 Å². The van der Waals surface area contributed by atoms with E-state index >= 15 is 0 Å². The predicted molar refractivity (Wildman–Crippen MR) is 81.5 cm³/mol. The zero-order valence-corrected chi connectivity index (χ0v) is 12.1. The third-order valence-corrected chi connectivity index (χ3v) is 3.52. The highest BCUT2D eigenvalue weighted by Gasteiger charge is 2.15. The van der Waals surface area contributed by atoms with Gasteiger partial charge in [0.25, 0.3) is 0 Å². The zero-order chi connectivity index (χ0) is 14.4. The third-order valence-electron chi connectivity index (χ3n) is 3.01. The molecule has 0 saturated carbocycles. The molecular weight excluding hydrogens is 272 g/mol. The molecule has 1 atom stereocenters. The number of carbonyl (C=O) groups excluding carboxylic acids is 1. The Kier molecular flexibility index (Phi) is 5.19. The molecule has 0 aliphatic heterocycles. The van der Waals surface area contributed by atoms with Crippen molar-refractivity contribution in [2.75, 3.05) is 0 Å². The summed E-state index contributed by atoms with van der Waals surface area (Å²) < 4.78 is 5.70. The van der Waals surface area contributed by atoms with Crippen LogP contribution in [0.15, 0.2) is 54.6 Å². The molecule has 0 aliphatic rings. The number of rotatable bonds is 6. The summed E-state index contributed by atoms with van der Waals surface area (Å²) in [5.74, 6) is 0.624. The van der Waals surface area contributed by atoms with Gasteiger partial charge in [-0.15, -0.1) is 11.6 Å². The average Bonchev–Trinajstić information content (AvgIpc) is 2.52. The van der Waals surface area contributed by atoms with Crippen molar-refractivity contribution in [1.29, 1.82) is 0 Å². The van der Waals surface area contributed by atoms with E-state index in [1.54, 1.807) is 12.1 Å². The number of Topliss-reactive ketones (excluding diaryl/α,β-unsaturated/α-hetero) is 1. The molecule has 0 heterocycles. The molecule has 2 aromatic carbocycles. The van der Waals surface area contributed by atoms with Gasteiger partial charge in [-0.1, -0.05) is 49.4 Å². The smallest absolute Gasteiger partial charge is 0.180 e. The number of ketones is 1. The molecule has 0 saturated heterocycles. The summed E-state index contributed by atoms with van der Waals surface area (Å²) in [6.45, 7) is 2.38. The fourth-order valence-electron chi connectivity index (χ4n) is 1.85. The molecular formula is C17H17ClO2. The van der Waals surface area contributed by atoms with Crippen molar-refractivity contribution in [2.24, 2.45) is 0 Å². The molecule has 0 spiro atoms. The Morgan fingerprint density at radius 3 is 2.60 bits per heavy atom.